The molecule has 0 aliphatic carbocycles. The summed E-state index contributed by atoms with van der Waals surface area (Å²) >= 11 is 5.81. The summed E-state index contributed by atoms with van der Waals surface area (Å²) < 4.78 is 38.7. The van der Waals surface area contributed by atoms with Crippen molar-refractivity contribution in [2.75, 3.05) is 5.32 Å². The summed E-state index contributed by atoms with van der Waals surface area (Å²) in [5.41, 5.74) is -0.329. The SMILES string of the molecule is Cc1[nH]nc(C(F)(F)F)c1NC(=O)c1cc(-c2ccc(Cl)cc2)n[nH]1. The van der Waals surface area contributed by atoms with Gasteiger partial charge >= 0.3 is 6.18 Å². The Morgan fingerprint density at radius 1 is 1.16 bits per heavy atom. The second kappa shape index (κ2) is 6.25. The van der Waals surface area contributed by atoms with Crippen molar-refractivity contribution in [3.8, 4) is 11.3 Å². The summed E-state index contributed by atoms with van der Waals surface area (Å²) in [5, 5.41) is 14.7. The number of aryl methyl sites for hydroxylation is 1. The minimum atomic E-state index is -4.68. The van der Waals surface area contributed by atoms with Crippen LogP contribution in [0, 0.1) is 6.92 Å². The van der Waals surface area contributed by atoms with Crippen molar-refractivity contribution in [3.05, 3.63) is 52.4 Å². The summed E-state index contributed by atoms with van der Waals surface area (Å²) in [6.07, 6.45) is -4.68. The third kappa shape index (κ3) is 3.50. The Kier molecular flexibility index (Phi) is 4.25. The molecule has 0 atom stereocenters. The summed E-state index contributed by atoms with van der Waals surface area (Å²) in [5.74, 6) is -0.761. The highest BCUT2D eigenvalue weighted by Gasteiger charge is 2.38. The molecule has 0 bridgehead atoms. The lowest BCUT2D eigenvalue weighted by Gasteiger charge is -2.07. The van der Waals surface area contributed by atoms with Gasteiger partial charge in [-0.3, -0.25) is 15.0 Å². The molecular weight excluding hydrogens is 359 g/mol. The van der Waals surface area contributed by atoms with Crippen LogP contribution in [0.15, 0.2) is 30.3 Å². The number of hydrogen-bond acceptors (Lipinski definition) is 3. The van der Waals surface area contributed by atoms with Gasteiger partial charge in [-0.25, -0.2) is 0 Å². The van der Waals surface area contributed by atoms with Crippen molar-refractivity contribution in [2.24, 2.45) is 0 Å². The van der Waals surface area contributed by atoms with Gasteiger partial charge in [-0.2, -0.15) is 23.4 Å². The highest BCUT2D eigenvalue weighted by molar-refractivity contribution is 6.30. The van der Waals surface area contributed by atoms with Crippen LogP contribution in [0.4, 0.5) is 18.9 Å². The lowest BCUT2D eigenvalue weighted by atomic mass is 10.1. The van der Waals surface area contributed by atoms with Crippen LogP contribution in [0.3, 0.4) is 0 Å². The molecule has 130 valence electrons. The molecule has 1 aromatic carbocycles. The molecule has 0 aliphatic rings. The molecule has 0 saturated heterocycles. The molecule has 0 saturated carbocycles. The van der Waals surface area contributed by atoms with Crippen LogP contribution >= 0.6 is 11.6 Å². The van der Waals surface area contributed by atoms with E-state index in [4.69, 9.17) is 11.6 Å². The highest BCUT2D eigenvalue weighted by Crippen LogP contribution is 2.34. The van der Waals surface area contributed by atoms with E-state index in [9.17, 15) is 18.0 Å². The van der Waals surface area contributed by atoms with Crippen molar-refractivity contribution in [1.29, 1.82) is 0 Å². The van der Waals surface area contributed by atoms with Crippen LogP contribution in [0.2, 0.25) is 5.02 Å². The molecule has 25 heavy (non-hydrogen) atoms. The van der Waals surface area contributed by atoms with Crippen LogP contribution in [-0.2, 0) is 6.18 Å². The van der Waals surface area contributed by atoms with Gasteiger partial charge in [-0.15, -0.1) is 0 Å². The van der Waals surface area contributed by atoms with Gasteiger partial charge in [0.15, 0.2) is 5.69 Å². The monoisotopic (exact) mass is 369 g/mol. The van der Waals surface area contributed by atoms with Gasteiger partial charge in [0.25, 0.3) is 5.91 Å². The number of aromatic amines is 2. The molecule has 2 heterocycles. The lowest BCUT2D eigenvalue weighted by Crippen LogP contribution is -2.17. The molecule has 0 aliphatic heterocycles. The van der Waals surface area contributed by atoms with Crippen LogP contribution in [-0.4, -0.2) is 26.3 Å². The van der Waals surface area contributed by atoms with Crippen LogP contribution in [0.5, 0.6) is 0 Å². The second-order valence-corrected chi connectivity index (χ2v) is 5.63. The second-order valence-electron chi connectivity index (χ2n) is 5.20. The lowest BCUT2D eigenvalue weighted by molar-refractivity contribution is -0.140. The molecule has 6 nitrogen and oxygen atoms in total. The van der Waals surface area contributed by atoms with Gasteiger partial charge in [0.1, 0.15) is 5.69 Å². The number of H-pyrrole nitrogens is 2. The number of carbonyl (C=O) groups is 1. The fourth-order valence-corrected chi connectivity index (χ4v) is 2.30. The number of alkyl halides is 3. The molecule has 0 spiro atoms. The third-order valence-corrected chi connectivity index (χ3v) is 3.67. The first-order chi connectivity index (χ1) is 11.8. The zero-order valence-electron chi connectivity index (χ0n) is 12.7. The van der Waals surface area contributed by atoms with E-state index in [0.29, 0.717) is 16.3 Å². The van der Waals surface area contributed by atoms with Gasteiger partial charge in [0.05, 0.1) is 17.1 Å². The first kappa shape index (κ1) is 17.0. The number of halogens is 4. The normalized spacial score (nSPS) is 11.6. The standard InChI is InChI=1S/C15H11ClF3N5O/c1-7-12(13(24-21-7)15(17,18)19)20-14(25)11-6-10(22-23-11)8-2-4-9(16)5-3-8/h2-6H,1H3,(H,20,25)(H,21,24)(H,22,23). The fourth-order valence-electron chi connectivity index (χ4n) is 2.17. The molecule has 2 aromatic heterocycles. The molecule has 0 fully saturated rings. The Balaban J connectivity index is 1.84. The molecule has 3 rings (SSSR count). The maximum Gasteiger partial charge on any atom is 0.437 e. The van der Waals surface area contributed by atoms with E-state index >= 15 is 0 Å². The van der Waals surface area contributed by atoms with Crippen molar-refractivity contribution in [1.82, 2.24) is 20.4 Å². The topological polar surface area (TPSA) is 86.5 Å². The summed E-state index contributed by atoms with van der Waals surface area (Å²) in [6.45, 7) is 1.38. The number of anilines is 1. The Bertz CT molecular complexity index is 914. The van der Waals surface area contributed by atoms with Crippen LogP contribution < -0.4 is 5.32 Å². The van der Waals surface area contributed by atoms with Crippen molar-refractivity contribution >= 4 is 23.2 Å². The van der Waals surface area contributed by atoms with Crippen LogP contribution in [0.25, 0.3) is 11.3 Å². The summed E-state index contributed by atoms with van der Waals surface area (Å²) in [6, 6.07) is 8.18. The number of rotatable bonds is 3. The number of aromatic nitrogens is 4. The maximum absolute atomic E-state index is 12.9. The van der Waals surface area contributed by atoms with Crippen LogP contribution in [0.1, 0.15) is 21.9 Å². The quantitative estimate of drug-likeness (QED) is 0.651. The number of amides is 1. The van der Waals surface area contributed by atoms with Gasteiger partial charge in [0.2, 0.25) is 0 Å². The van der Waals surface area contributed by atoms with E-state index in [-0.39, 0.29) is 11.4 Å². The van der Waals surface area contributed by atoms with E-state index in [0.717, 1.165) is 0 Å². The van der Waals surface area contributed by atoms with E-state index in [1.165, 1.54) is 13.0 Å². The summed E-state index contributed by atoms with van der Waals surface area (Å²) in [7, 11) is 0. The average molecular weight is 370 g/mol. The maximum atomic E-state index is 12.9. The van der Waals surface area contributed by atoms with Gasteiger partial charge in [-0.1, -0.05) is 23.7 Å². The zero-order chi connectivity index (χ0) is 18.2. The summed E-state index contributed by atoms with van der Waals surface area (Å²) in [4.78, 5) is 12.2. The first-order valence-electron chi connectivity index (χ1n) is 7.00. The fraction of sp³-hybridized carbons (Fsp3) is 0.133. The van der Waals surface area contributed by atoms with E-state index in [1.807, 2.05) is 0 Å². The van der Waals surface area contributed by atoms with Gasteiger partial charge in [-0.05, 0) is 25.1 Å². The smallest absolute Gasteiger partial charge is 0.317 e. The predicted octanol–water partition coefficient (Wildman–Crippen LogP) is 4.03. The Morgan fingerprint density at radius 3 is 2.48 bits per heavy atom. The van der Waals surface area contributed by atoms with E-state index in [1.54, 1.807) is 24.3 Å². The van der Waals surface area contributed by atoms with E-state index in [2.05, 4.69) is 25.7 Å². The number of nitrogens with one attached hydrogen (secondary N) is 3. The third-order valence-electron chi connectivity index (χ3n) is 3.42. The number of carbonyl (C=O) groups excluding carboxylic acids is 1. The van der Waals surface area contributed by atoms with Crippen molar-refractivity contribution < 1.29 is 18.0 Å². The van der Waals surface area contributed by atoms with Crippen molar-refractivity contribution in [2.45, 2.75) is 13.1 Å². The first-order valence-corrected chi connectivity index (χ1v) is 7.38. The van der Waals surface area contributed by atoms with Gasteiger partial charge in [0, 0.05) is 10.6 Å². The molecule has 10 heteroatoms. The Hall–Kier alpha value is -2.81. The van der Waals surface area contributed by atoms with E-state index < -0.39 is 23.5 Å². The molecule has 3 aromatic rings. The minimum Gasteiger partial charge on any atom is -0.317 e. The minimum absolute atomic E-state index is 0.0127. The number of nitrogens with zero attached hydrogens (tertiary/aromatic N) is 2. The Morgan fingerprint density at radius 2 is 1.84 bits per heavy atom. The zero-order valence-corrected chi connectivity index (χ0v) is 13.5. The molecule has 1 amide bonds. The highest BCUT2D eigenvalue weighted by atomic mass is 35.5. The number of benzene rings is 1. The predicted molar refractivity (Wildman–Crippen MR) is 85.3 cm³/mol. The van der Waals surface area contributed by atoms with Gasteiger partial charge < -0.3 is 5.32 Å². The number of hydrogen-bond donors (Lipinski definition) is 3. The molecule has 0 unspecified atom stereocenters. The molecular formula is C15H11ClF3N5O. The molecule has 0 radical (unpaired) electrons. The largest absolute Gasteiger partial charge is 0.437 e. The Labute approximate surface area is 144 Å². The average Bonchev–Trinajstić information content (AvgIpc) is 3.15. The van der Waals surface area contributed by atoms with Crippen molar-refractivity contribution in [3.63, 3.8) is 0 Å². The molecule has 3 N–H and O–H groups in total.